The Labute approximate surface area is 85.9 Å². The lowest BCUT2D eigenvalue weighted by molar-refractivity contribution is 0.0947. The molecule has 0 amide bonds. The maximum Gasteiger partial charge on any atom is 0.0633 e. The summed E-state index contributed by atoms with van der Waals surface area (Å²) >= 11 is 0. The molecule has 1 fully saturated rings. The molecule has 0 bridgehead atoms. The molecule has 0 saturated carbocycles. The minimum absolute atomic E-state index is 0.0297. The van der Waals surface area contributed by atoms with E-state index in [-0.39, 0.29) is 13.2 Å². The summed E-state index contributed by atoms with van der Waals surface area (Å²) in [5.74, 6) is 0. The molecule has 14 heavy (non-hydrogen) atoms. The highest BCUT2D eigenvalue weighted by molar-refractivity contribution is 4.92. The van der Waals surface area contributed by atoms with E-state index in [1.165, 1.54) is 0 Å². The van der Waals surface area contributed by atoms with Crippen molar-refractivity contribution in [1.29, 1.82) is 0 Å². The Morgan fingerprint density at radius 3 is 2.36 bits per heavy atom. The zero-order chi connectivity index (χ0) is 10.8. The first-order valence-corrected chi connectivity index (χ1v) is 5.20. The molecule has 0 aromatic rings. The average Bonchev–Trinajstić information content (AvgIpc) is 2.45. The smallest absolute Gasteiger partial charge is 0.0633 e. The van der Waals surface area contributed by atoms with E-state index >= 15 is 0 Å². The predicted molar refractivity (Wildman–Crippen MR) is 56.2 cm³/mol. The van der Waals surface area contributed by atoms with Gasteiger partial charge < -0.3 is 20.4 Å². The second-order valence-corrected chi connectivity index (χ2v) is 4.74. The van der Waals surface area contributed by atoms with E-state index in [0.29, 0.717) is 12.1 Å². The maximum absolute atomic E-state index is 9.14. The van der Waals surface area contributed by atoms with Crippen LogP contribution < -0.4 is 5.32 Å². The number of nitrogens with one attached hydrogen (secondary N) is 1. The van der Waals surface area contributed by atoms with Crippen molar-refractivity contribution in [3.8, 4) is 0 Å². The lowest BCUT2D eigenvalue weighted by Crippen LogP contribution is -2.54. The first-order chi connectivity index (χ1) is 6.50. The van der Waals surface area contributed by atoms with E-state index in [0.717, 1.165) is 13.0 Å². The second kappa shape index (κ2) is 4.57. The molecular formula is C10H22N2O2. The molecular weight excluding hydrogens is 180 g/mol. The van der Waals surface area contributed by atoms with Gasteiger partial charge in [0.25, 0.3) is 0 Å². The Morgan fingerprint density at radius 2 is 2.00 bits per heavy atom. The Morgan fingerprint density at radius 1 is 1.43 bits per heavy atom. The number of likely N-dealkylation sites (tertiary alicyclic amines) is 1. The normalized spacial score (nSPS) is 29.8. The molecule has 1 aliphatic rings. The van der Waals surface area contributed by atoms with Crippen LogP contribution in [-0.4, -0.2) is 59.5 Å². The van der Waals surface area contributed by atoms with Crippen molar-refractivity contribution in [3.05, 3.63) is 0 Å². The highest BCUT2D eigenvalue weighted by Gasteiger charge is 2.32. The fraction of sp³-hybridized carbons (Fsp3) is 1.00. The molecule has 0 aromatic carbocycles. The monoisotopic (exact) mass is 202 g/mol. The third kappa shape index (κ3) is 2.67. The summed E-state index contributed by atoms with van der Waals surface area (Å²) in [6.45, 7) is 4.96. The van der Waals surface area contributed by atoms with E-state index in [4.69, 9.17) is 10.2 Å². The number of hydrogen-bond donors (Lipinski definition) is 3. The molecule has 1 rings (SSSR count). The van der Waals surface area contributed by atoms with Crippen LogP contribution in [0.5, 0.6) is 0 Å². The second-order valence-electron chi connectivity index (χ2n) is 4.74. The van der Waals surface area contributed by atoms with Crippen LogP contribution in [0.2, 0.25) is 0 Å². The van der Waals surface area contributed by atoms with Gasteiger partial charge in [-0.25, -0.2) is 0 Å². The Balaban J connectivity index is 2.45. The molecule has 1 saturated heterocycles. The van der Waals surface area contributed by atoms with Gasteiger partial charge in [0.1, 0.15) is 0 Å². The molecule has 0 aromatic heterocycles. The SMILES string of the molecule is CC1CC(NC(C)(CO)CO)CN1C. The summed E-state index contributed by atoms with van der Waals surface area (Å²) in [4.78, 5) is 2.28. The lowest BCUT2D eigenvalue weighted by Gasteiger charge is -2.30. The molecule has 0 aliphatic carbocycles. The Bertz CT molecular complexity index is 173. The van der Waals surface area contributed by atoms with Gasteiger partial charge >= 0.3 is 0 Å². The number of rotatable bonds is 4. The van der Waals surface area contributed by atoms with Gasteiger partial charge in [-0.15, -0.1) is 0 Å². The molecule has 4 nitrogen and oxygen atoms in total. The standard InChI is InChI=1S/C10H22N2O2/c1-8-4-9(5-12(8)3)11-10(2,6-13)7-14/h8-9,11,13-14H,4-7H2,1-3H3. The van der Waals surface area contributed by atoms with Crippen LogP contribution in [0.15, 0.2) is 0 Å². The first-order valence-electron chi connectivity index (χ1n) is 5.20. The minimum Gasteiger partial charge on any atom is -0.394 e. The largest absolute Gasteiger partial charge is 0.394 e. The Hall–Kier alpha value is -0.160. The van der Waals surface area contributed by atoms with Crippen molar-refractivity contribution >= 4 is 0 Å². The number of hydrogen-bond acceptors (Lipinski definition) is 4. The molecule has 1 aliphatic heterocycles. The van der Waals surface area contributed by atoms with Gasteiger partial charge in [0.2, 0.25) is 0 Å². The lowest BCUT2D eigenvalue weighted by atomic mass is 10.0. The van der Waals surface area contributed by atoms with Gasteiger partial charge in [-0.2, -0.15) is 0 Å². The van der Waals surface area contributed by atoms with Gasteiger partial charge in [-0.05, 0) is 27.3 Å². The van der Waals surface area contributed by atoms with E-state index in [1.807, 2.05) is 6.92 Å². The summed E-state index contributed by atoms with van der Waals surface area (Å²) in [7, 11) is 2.10. The van der Waals surface area contributed by atoms with Gasteiger partial charge in [-0.1, -0.05) is 0 Å². The van der Waals surface area contributed by atoms with Crippen LogP contribution >= 0.6 is 0 Å². The Kier molecular flexibility index (Phi) is 3.89. The highest BCUT2D eigenvalue weighted by atomic mass is 16.3. The summed E-state index contributed by atoms with van der Waals surface area (Å²) in [5, 5.41) is 21.6. The van der Waals surface area contributed by atoms with Crippen molar-refractivity contribution in [2.24, 2.45) is 0 Å². The van der Waals surface area contributed by atoms with E-state index in [1.54, 1.807) is 0 Å². The van der Waals surface area contributed by atoms with Gasteiger partial charge in [-0.3, -0.25) is 0 Å². The molecule has 1 heterocycles. The van der Waals surface area contributed by atoms with Crippen LogP contribution in [0, 0.1) is 0 Å². The van der Waals surface area contributed by atoms with E-state index in [9.17, 15) is 0 Å². The van der Waals surface area contributed by atoms with Crippen LogP contribution in [0.1, 0.15) is 20.3 Å². The van der Waals surface area contributed by atoms with Crippen LogP contribution in [0.25, 0.3) is 0 Å². The van der Waals surface area contributed by atoms with Crippen LogP contribution in [-0.2, 0) is 0 Å². The zero-order valence-corrected chi connectivity index (χ0v) is 9.32. The summed E-state index contributed by atoms with van der Waals surface area (Å²) in [6, 6.07) is 0.952. The number of nitrogens with zero attached hydrogens (tertiary/aromatic N) is 1. The molecule has 4 heteroatoms. The van der Waals surface area contributed by atoms with Crippen molar-refractivity contribution in [3.63, 3.8) is 0 Å². The van der Waals surface area contributed by atoms with Gasteiger partial charge in [0.15, 0.2) is 0 Å². The fourth-order valence-electron chi connectivity index (χ4n) is 1.93. The summed E-state index contributed by atoms with van der Waals surface area (Å²) in [6.07, 6.45) is 1.08. The zero-order valence-electron chi connectivity index (χ0n) is 9.32. The maximum atomic E-state index is 9.14. The third-order valence-corrected chi connectivity index (χ3v) is 3.14. The van der Waals surface area contributed by atoms with Crippen molar-refractivity contribution in [1.82, 2.24) is 10.2 Å². The summed E-state index contributed by atoms with van der Waals surface area (Å²) in [5.41, 5.74) is -0.546. The fourth-order valence-corrected chi connectivity index (χ4v) is 1.93. The number of aliphatic hydroxyl groups is 2. The topological polar surface area (TPSA) is 55.7 Å². The quantitative estimate of drug-likeness (QED) is 0.570. The van der Waals surface area contributed by atoms with Crippen LogP contribution in [0.3, 0.4) is 0 Å². The molecule has 3 N–H and O–H groups in total. The highest BCUT2D eigenvalue weighted by Crippen LogP contribution is 2.17. The average molecular weight is 202 g/mol. The van der Waals surface area contributed by atoms with E-state index < -0.39 is 5.54 Å². The van der Waals surface area contributed by atoms with Crippen molar-refractivity contribution in [2.45, 2.75) is 37.9 Å². The van der Waals surface area contributed by atoms with Crippen molar-refractivity contribution in [2.75, 3.05) is 26.8 Å². The van der Waals surface area contributed by atoms with E-state index in [2.05, 4.69) is 24.2 Å². The predicted octanol–water partition coefficient (Wildman–Crippen LogP) is -0.588. The molecule has 2 unspecified atom stereocenters. The number of likely N-dealkylation sites (N-methyl/N-ethyl adjacent to an activating group) is 1. The molecule has 0 radical (unpaired) electrons. The van der Waals surface area contributed by atoms with Gasteiger partial charge in [0, 0.05) is 18.6 Å². The first kappa shape index (κ1) is 11.9. The van der Waals surface area contributed by atoms with Crippen molar-refractivity contribution < 1.29 is 10.2 Å². The molecule has 0 spiro atoms. The van der Waals surface area contributed by atoms with Crippen LogP contribution in [0.4, 0.5) is 0 Å². The minimum atomic E-state index is -0.546. The molecule has 84 valence electrons. The number of aliphatic hydroxyl groups excluding tert-OH is 2. The molecule has 2 atom stereocenters. The summed E-state index contributed by atoms with van der Waals surface area (Å²) < 4.78 is 0. The van der Waals surface area contributed by atoms with Gasteiger partial charge in [0.05, 0.1) is 18.8 Å². The third-order valence-electron chi connectivity index (χ3n) is 3.14.